The minimum Gasteiger partial charge on any atom is -0.508 e. The lowest BCUT2D eigenvalue weighted by Crippen LogP contribution is -2.57. The van der Waals surface area contributed by atoms with Gasteiger partial charge in [-0.3, -0.25) is 9.59 Å². The Morgan fingerprint density at radius 3 is 2.20 bits per heavy atom. The van der Waals surface area contributed by atoms with Crippen molar-refractivity contribution in [1.29, 1.82) is 0 Å². The number of carbonyl (C=O) groups is 2. The molecule has 130 valence electrons. The van der Waals surface area contributed by atoms with Crippen LogP contribution in [0.3, 0.4) is 0 Å². The Hall–Kier alpha value is -2.42. The molecular weight excluding hydrogens is 312 g/mol. The monoisotopic (exact) mass is 336 g/mol. The first-order valence-corrected chi connectivity index (χ1v) is 8.57. The van der Waals surface area contributed by atoms with Gasteiger partial charge in [0, 0.05) is 11.3 Å². The second-order valence-electron chi connectivity index (χ2n) is 7.58. The second kappa shape index (κ2) is 5.55. The molecule has 2 aliphatic rings. The zero-order valence-corrected chi connectivity index (χ0v) is 15.2. The summed E-state index contributed by atoms with van der Waals surface area (Å²) in [4.78, 5) is 26.6. The Bertz CT molecular complexity index is 841. The van der Waals surface area contributed by atoms with Crippen molar-refractivity contribution < 1.29 is 14.7 Å². The van der Waals surface area contributed by atoms with Crippen molar-refractivity contribution in [3.05, 3.63) is 65.3 Å². The van der Waals surface area contributed by atoms with Crippen LogP contribution in [0.25, 0.3) is 0 Å². The molecule has 0 aromatic heterocycles. The number of fused-ring (bicyclic) bond motifs is 1. The molecule has 3 rings (SSSR count). The molecule has 0 amide bonds. The molecule has 0 fully saturated rings. The van der Waals surface area contributed by atoms with Gasteiger partial charge in [0.05, 0.1) is 5.41 Å². The summed E-state index contributed by atoms with van der Waals surface area (Å²) in [6.45, 7) is 11.2. The van der Waals surface area contributed by atoms with E-state index in [-0.39, 0.29) is 23.2 Å². The quantitative estimate of drug-likeness (QED) is 0.865. The van der Waals surface area contributed by atoms with Gasteiger partial charge in [-0.1, -0.05) is 44.7 Å². The molecular formula is C22H24O3. The maximum atomic E-state index is 13.4. The maximum Gasteiger partial charge on any atom is 0.166 e. The summed E-state index contributed by atoms with van der Waals surface area (Å²) < 4.78 is 0. The number of ketones is 2. The molecule has 0 heterocycles. The van der Waals surface area contributed by atoms with Crippen LogP contribution in [0.2, 0.25) is 0 Å². The van der Waals surface area contributed by atoms with Crippen LogP contribution in [-0.2, 0) is 9.59 Å². The van der Waals surface area contributed by atoms with Gasteiger partial charge in [-0.15, -0.1) is 0 Å². The average Bonchev–Trinajstić information content (AvgIpc) is 2.61. The van der Waals surface area contributed by atoms with Crippen molar-refractivity contribution in [2.75, 3.05) is 0 Å². The van der Waals surface area contributed by atoms with Gasteiger partial charge in [-0.05, 0) is 54.7 Å². The van der Waals surface area contributed by atoms with Gasteiger partial charge < -0.3 is 5.11 Å². The lowest BCUT2D eigenvalue weighted by Gasteiger charge is -2.54. The third-order valence-corrected chi connectivity index (χ3v) is 6.48. The van der Waals surface area contributed by atoms with Crippen LogP contribution in [0.15, 0.2) is 59.7 Å². The molecule has 0 aliphatic heterocycles. The van der Waals surface area contributed by atoms with E-state index < -0.39 is 10.8 Å². The minimum absolute atomic E-state index is 0.0256. The van der Waals surface area contributed by atoms with E-state index in [1.165, 1.54) is 0 Å². The molecule has 0 saturated heterocycles. The van der Waals surface area contributed by atoms with Crippen molar-refractivity contribution in [3.63, 3.8) is 0 Å². The minimum atomic E-state index is -0.886. The van der Waals surface area contributed by atoms with Crippen LogP contribution in [0.5, 0.6) is 5.75 Å². The highest BCUT2D eigenvalue weighted by atomic mass is 16.3. The molecule has 2 aliphatic carbocycles. The summed E-state index contributed by atoms with van der Waals surface area (Å²) >= 11 is 0. The normalized spacial score (nSPS) is 32.3. The Balaban J connectivity index is 2.32. The number of carbonyl (C=O) groups excluding carboxylic acids is 2. The number of allylic oxidation sites excluding steroid dienone is 5. The Morgan fingerprint density at radius 2 is 1.64 bits per heavy atom. The van der Waals surface area contributed by atoms with Crippen LogP contribution in [-0.4, -0.2) is 16.7 Å². The topological polar surface area (TPSA) is 54.4 Å². The molecule has 0 saturated carbocycles. The smallest absolute Gasteiger partial charge is 0.166 e. The first kappa shape index (κ1) is 17.4. The second-order valence-corrected chi connectivity index (χ2v) is 7.58. The molecule has 1 N–H and O–H groups in total. The predicted molar refractivity (Wildman–Crippen MR) is 98.3 cm³/mol. The molecule has 0 spiro atoms. The Labute approximate surface area is 148 Å². The molecule has 3 nitrogen and oxygen atoms in total. The molecule has 25 heavy (non-hydrogen) atoms. The van der Waals surface area contributed by atoms with E-state index in [1.54, 1.807) is 32.1 Å². The predicted octanol–water partition coefficient (Wildman–Crippen LogP) is 4.49. The third-order valence-electron chi connectivity index (χ3n) is 6.48. The maximum absolute atomic E-state index is 13.4. The van der Waals surface area contributed by atoms with Gasteiger partial charge in [0.2, 0.25) is 0 Å². The van der Waals surface area contributed by atoms with Gasteiger partial charge in [0.1, 0.15) is 5.75 Å². The molecule has 0 bridgehead atoms. The molecule has 0 radical (unpaired) electrons. The van der Waals surface area contributed by atoms with Crippen molar-refractivity contribution >= 4 is 11.6 Å². The number of aromatic hydroxyl groups is 1. The lowest BCUT2D eigenvalue weighted by atomic mass is 9.45. The first-order valence-electron chi connectivity index (χ1n) is 8.57. The van der Waals surface area contributed by atoms with E-state index in [0.717, 1.165) is 11.1 Å². The van der Waals surface area contributed by atoms with E-state index in [0.29, 0.717) is 17.6 Å². The van der Waals surface area contributed by atoms with Crippen molar-refractivity contribution in [3.8, 4) is 5.75 Å². The summed E-state index contributed by atoms with van der Waals surface area (Å²) in [7, 11) is 0. The molecule has 1 aromatic rings. The van der Waals surface area contributed by atoms with Gasteiger partial charge >= 0.3 is 0 Å². The zero-order valence-electron chi connectivity index (χ0n) is 15.2. The standard InChI is InChI=1S/C22H24O3/c1-6-15-11-12-21(4)19(24)13(2)14(3)20(25)22(21,5)18(15)16-7-9-17(23)10-8-16/h6-11,18,23H,1,12H2,2-5H3. The number of hydrogen-bond acceptors (Lipinski definition) is 3. The fourth-order valence-electron chi connectivity index (χ4n) is 4.55. The Morgan fingerprint density at radius 1 is 1.08 bits per heavy atom. The summed E-state index contributed by atoms with van der Waals surface area (Å²) in [5.41, 5.74) is 1.32. The summed E-state index contributed by atoms with van der Waals surface area (Å²) in [6.07, 6.45) is 4.33. The van der Waals surface area contributed by atoms with Crippen molar-refractivity contribution in [1.82, 2.24) is 0 Å². The van der Waals surface area contributed by atoms with E-state index in [9.17, 15) is 14.7 Å². The third kappa shape index (κ3) is 2.11. The van der Waals surface area contributed by atoms with Crippen LogP contribution < -0.4 is 0 Å². The number of Topliss-reactive ketones (excluding diaryl/α,β-unsaturated/α-hetero) is 2. The van der Waals surface area contributed by atoms with Gasteiger partial charge in [-0.25, -0.2) is 0 Å². The SMILES string of the molecule is C=CC1=CCC2(C)C(=O)C(C)=C(C)C(=O)C2(C)C1c1ccc(O)cc1. The summed E-state index contributed by atoms with van der Waals surface area (Å²) in [5, 5.41) is 9.63. The van der Waals surface area contributed by atoms with Crippen molar-refractivity contribution in [2.45, 2.75) is 40.0 Å². The van der Waals surface area contributed by atoms with Crippen LogP contribution in [0.1, 0.15) is 45.6 Å². The van der Waals surface area contributed by atoms with E-state index in [4.69, 9.17) is 0 Å². The average molecular weight is 336 g/mol. The fourth-order valence-corrected chi connectivity index (χ4v) is 4.55. The number of phenolic OH excluding ortho intramolecular Hbond substituents is 1. The fraction of sp³-hybridized carbons (Fsp3) is 0.364. The van der Waals surface area contributed by atoms with Gasteiger partial charge in [-0.2, -0.15) is 0 Å². The van der Waals surface area contributed by atoms with Crippen LogP contribution >= 0.6 is 0 Å². The highest BCUT2D eigenvalue weighted by Gasteiger charge is 2.63. The zero-order chi connectivity index (χ0) is 18.6. The van der Waals surface area contributed by atoms with E-state index in [1.807, 2.05) is 32.1 Å². The highest BCUT2D eigenvalue weighted by molar-refractivity contribution is 6.17. The van der Waals surface area contributed by atoms with Crippen LogP contribution in [0, 0.1) is 10.8 Å². The number of hydrogen-bond donors (Lipinski definition) is 1. The molecule has 3 heteroatoms. The number of rotatable bonds is 2. The summed E-state index contributed by atoms with van der Waals surface area (Å²) in [6, 6.07) is 6.89. The van der Waals surface area contributed by atoms with Crippen LogP contribution in [0.4, 0.5) is 0 Å². The molecule has 3 unspecified atom stereocenters. The molecule has 3 atom stereocenters. The Kier molecular flexibility index (Phi) is 3.86. The highest BCUT2D eigenvalue weighted by Crippen LogP contribution is 2.62. The first-order chi connectivity index (χ1) is 11.7. The summed E-state index contributed by atoms with van der Waals surface area (Å²) in [5.74, 6) is -0.0220. The van der Waals surface area contributed by atoms with Crippen molar-refractivity contribution in [2.24, 2.45) is 10.8 Å². The largest absolute Gasteiger partial charge is 0.508 e. The number of phenols is 1. The molecule has 1 aromatic carbocycles. The lowest BCUT2D eigenvalue weighted by molar-refractivity contribution is -0.147. The van der Waals surface area contributed by atoms with Gasteiger partial charge in [0.25, 0.3) is 0 Å². The number of benzene rings is 1. The van der Waals surface area contributed by atoms with Gasteiger partial charge in [0.15, 0.2) is 11.6 Å². The van der Waals surface area contributed by atoms with E-state index in [2.05, 4.69) is 6.58 Å². The van der Waals surface area contributed by atoms with E-state index >= 15 is 0 Å².